The van der Waals surface area contributed by atoms with E-state index in [4.69, 9.17) is 5.26 Å². The molecule has 0 aliphatic rings. The van der Waals surface area contributed by atoms with Crippen LogP contribution in [-0.4, -0.2) is 13.4 Å². The summed E-state index contributed by atoms with van der Waals surface area (Å²) < 4.78 is 28.0. The lowest BCUT2D eigenvalue weighted by molar-refractivity contribution is 0.601. The summed E-state index contributed by atoms with van der Waals surface area (Å²) in [5.41, 5.74) is 2.62. The Balaban J connectivity index is 2.12. The first-order valence-corrected chi connectivity index (χ1v) is 9.42. The number of anilines is 1. The molecule has 0 radical (unpaired) electrons. The van der Waals surface area contributed by atoms with Gasteiger partial charge in [-0.05, 0) is 35.7 Å². The SMILES string of the molecule is CC(C)c1ccc(NS(=O)(=O)c2cccc(C#N)c2)c2[nH]cc(C#N)c12. The van der Waals surface area contributed by atoms with E-state index in [0.29, 0.717) is 22.2 Å². The minimum atomic E-state index is -3.87. The van der Waals surface area contributed by atoms with Gasteiger partial charge in [-0.1, -0.05) is 26.0 Å². The summed E-state index contributed by atoms with van der Waals surface area (Å²) in [7, 11) is -3.87. The quantitative estimate of drug-likeness (QED) is 0.733. The van der Waals surface area contributed by atoms with Gasteiger partial charge < -0.3 is 4.98 Å². The molecule has 0 amide bonds. The van der Waals surface area contributed by atoms with E-state index in [2.05, 4.69) is 15.8 Å². The van der Waals surface area contributed by atoms with E-state index >= 15 is 0 Å². The third-order valence-corrected chi connectivity index (χ3v) is 5.49. The van der Waals surface area contributed by atoms with Crippen molar-refractivity contribution < 1.29 is 8.42 Å². The van der Waals surface area contributed by atoms with Crippen molar-refractivity contribution in [1.82, 2.24) is 4.98 Å². The molecule has 2 aromatic carbocycles. The van der Waals surface area contributed by atoms with Crippen molar-refractivity contribution in [1.29, 1.82) is 10.5 Å². The Bertz CT molecular complexity index is 1180. The van der Waals surface area contributed by atoms with Gasteiger partial charge in [0.2, 0.25) is 0 Å². The van der Waals surface area contributed by atoms with Gasteiger partial charge in [0.05, 0.1) is 33.3 Å². The Morgan fingerprint density at radius 2 is 1.88 bits per heavy atom. The Labute approximate surface area is 151 Å². The van der Waals surface area contributed by atoms with Gasteiger partial charge in [-0.25, -0.2) is 8.42 Å². The van der Waals surface area contributed by atoms with E-state index < -0.39 is 10.0 Å². The largest absolute Gasteiger partial charge is 0.358 e. The van der Waals surface area contributed by atoms with Crippen molar-refractivity contribution in [3.05, 3.63) is 59.3 Å². The highest BCUT2D eigenvalue weighted by Crippen LogP contribution is 2.33. The van der Waals surface area contributed by atoms with E-state index in [0.717, 1.165) is 5.56 Å². The molecular weight excluding hydrogens is 348 g/mol. The zero-order valence-corrected chi connectivity index (χ0v) is 15.1. The standard InChI is InChI=1S/C19H16N4O2S/c1-12(2)16-6-7-17(19-18(16)14(10-21)11-22-19)23-26(24,25)15-5-3-4-13(8-15)9-20/h3-8,11-12,22-23H,1-2H3. The maximum absolute atomic E-state index is 12.7. The lowest BCUT2D eigenvalue weighted by Gasteiger charge is -2.13. The molecule has 26 heavy (non-hydrogen) atoms. The molecule has 7 heteroatoms. The summed E-state index contributed by atoms with van der Waals surface area (Å²) in [6.07, 6.45) is 1.57. The van der Waals surface area contributed by atoms with Crippen LogP contribution >= 0.6 is 0 Å². The molecule has 0 bridgehead atoms. The van der Waals surface area contributed by atoms with Crippen LogP contribution in [0.5, 0.6) is 0 Å². The minimum absolute atomic E-state index is 0.00435. The molecule has 0 aliphatic carbocycles. The number of H-pyrrole nitrogens is 1. The summed E-state index contributed by atoms with van der Waals surface area (Å²) in [4.78, 5) is 3.00. The van der Waals surface area contributed by atoms with Gasteiger partial charge in [0.25, 0.3) is 10.0 Å². The second-order valence-corrected chi connectivity index (χ2v) is 7.85. The number of sulfonamides is 1. The Morgan fingerprint density at radius 3 is 2.54 bits per heavy atom. The molecule has 6 nitrogen and oxygen atoms in total. The molecule has 2 N–H and O–H groups in total. The second kappa shape index (κ2) is 6.55. The second-order valence-electron chi connectivity index (χ2n) is 6.17. The highest BCUT2D eigenvalue weighted by Gasteiger charge is 2.19. The summed E-state index contributed by atoms with van der Waals surface area (Å²) >= 11 is 0. The number of hydrogen-bond donors (Lipinski definition) is 2. The van der Waals surface area contributed by atoms with E-state index in [-0.39, 0.29) is 16.4 Å². The number of aromatic nitrogens is 1. The van der Waals surface area contributed by atoms with Crippen LogP contribution < -0.4 is 4.72 Å². The summed E-state index contributed by atoms with van der Waals surface area (Å²) in [5.74, 6) is 0.179. The van der Waals surface area contributed by atoms with Crippen LogP contribution in [0.25, 0.3) is 10.9 Å². The van der Waals surface area contributed by atoms with E-state index in [9.17, 15) is 13.7 Å². The molecule has 130 valence electrons. The van der Waals surface area contributed by atoms with Crippen molar-refractivity contribution in [2.45, 2.75) is 24.7 Å². The van der Waals surface area contributed by atoms with Gasteiger partial charge in [-0.3, -0.25) is 4.72 Å². The fourth-order valence-electron chi connectivity index (χ4n) is 2.87. The highest BCUT2D eigenvalue weighted by molar-refractivity contribution is 7.92. The first-order valence-electron chi connectivity index (χ1n) is 7.94. The molecule has 0 unspecified atom stereocenters. The zero-order valence-electron chi connectivity index (χ0n) is 14.2. The van der Waals surface area contributed by atoms with Gasteiger partial charge in [-0.15, -0.1) is 0 Å². The van der Waals surface area contributed by atoms with Crippen LogP contribution in [0.4, 0.5) is 5.69 Å². The number of nitrogens with zero attached hydrogens (tertiary/aromatic N) is 2. The van der Waals surface area contributed by atoms with Crippen molar-refractivity contribution in [2.75, 3.05) is 4.72 Å². The highest BCUT2D eigenvalue weighted by atomic mass is 32.2. The van der Waals surface area contributed by atoms with Crippen molar-refractivity contribution in [3.63, 3.8) is 0 Å². The maximum Gasteiger partial charge on any atom is 0.262 e. The van der Waals surface area contributed by atoms with Gasteiger partial charge in [0, 0.05) is 11.6 Å². The molecule has 0 aliphatic heterocycles. The van der Waals surface area contributed by atoms with Crippen LogP contribution in [0.15, 0.2) is 47.5 Å². The third kappa shape index (κ3) is 3.01. The van der Waals surface area contributed by atoms with Crippen LogP contribution in [0.3, 0.4) is 0 Å². The van der Waals surface area contributed by atoms with Crippen LogP contribution in [0.1, 0.15) is 36.5 Å². The van der Waals surface area contributed by atoms with Crippen LogP contribution in [0.2, 0.25) is 0 Å². The average molecular weight is 364 g/mol. The van der Waals surface area contributed by atoms with Crippen LogP contribution in [0, 0.1) is 22.7 Å². The molecule has 0 saturated heterocycles. The Morgan fingerprint density at radius 1 is 1.12 bits per heavy atom. The lowest BCUT2D eigenvalue weighted by atomic mass is 9.96. The van der Waals surface area contributed by atoms with Crippen LogP contribution in [-0.2, 0) is 10.0 Å². The summed E-state index contributed by atoms with van der Waals surface area (Å²) in [6, 6.07) is 13.4. The maximum atomic E-state index is 12.7. The molecule has 1 heterocycles. The first kappa shape index (κ1) is 17.5. The van der Waals surface area contributed by atoms with E-state index in [1.165, 1.54) is 18.2 Å². The number of nitrogens with one attached hydrogen (secondary N) is 2. The molecular formula is C19H16N4O2S. The molecule has 0 spiro atoms. The van der Waals surface area contributed by atoms with Gasteiger partial charge >= 0.3 is 0 Å². The zero-order chi connectivity index (χ0) is 18.9. The number of aromatic amines is 1. The van der Waals surface area contributed by atoms with Crippen molar-refractivity contribution in [2.24, 2.45) is 0 Å². The third-order valence-electron chi connectivity index (χ3n) is 4.13. The first-order chi connectivity index (χ1) is 12.4. The topological polar surface area (TPSA) is 110 Å². The van der Waals surface area contributed by atoms with Gasteiger partial charge in [-0.2, -0.15) is 10.5 Å². The van der Waals surface area contributed by atoms with Gasteiger partial charge in [0.1, 0.15) is 6.07 Å². The molecule has 1 aromatic heterocycles. The predicted octanol–water partition coefficient (Wildman–Crippen LogP) is 3.84. The lowest BCUT2D eigenvalue weighted by Crippen LogP contribution is -2.13. The minimum Gasteiger partial charge on any atom is -0.358 e. The van der Waals surface area contributed by atoms with Gasteiger partial charge in [0.15, 0.2) is 0 Å². The molecule has 3 rings (SSSR count). The van der Waals surface area contributed by atoms with E-state index in [1.807, 2.05) is 26.0 Å². The predicted molar refractivity (Wildman–Crippen MR) is 99.1 cm³/mol. The number of benzene rings is 2. The normalized spacial score (nSPS) is 11.3. The Hall–Kier alpha value is -3.29. The molecule has 0 atom stereocenters. The monoisotopic (exact) mass is 364 g/mol. The van der Waals surface area contributed by atoms with Crippen molar-refractivity contribution >= 4 is 26.6 Å². The number of rotatable bonds is 4. The molecule has 0 saturated carbocycles. The van der Waals surface area contributed by atoms with Crippen molar-refractivity contribution in [3.8, 4) is 12.1 Å². The molecule has 3 aromatic rings. The summed E-state index contributed by atoms with van der Waals surface area (Å²) in [6.45, 7) is 4.03. The fourth-order valence-corrected chi connectivity index (χ4v) is 3.98. The Kier molecular flexibility index (Phi) is 4.41. The number of hydrogen-bond acceptors (Lipinski definition) is 4. The average Bonchev–Trinajstić information content (AvgIpc) is 3.06. The number of fused-ring (bicyclic) bond motifs is 1. The van der Waals surface area contributed by atoms with E-state index in [1.54, 1.807) is 18.3 Å². The fraction of sp³-hybridized carbons (Fsp3) is 0.158. The molecule has 0 fully saturated rings. The summed E-state index contributed by atoms with van der Waals surface area (Å²) in [5, 5.41) is 19.0. The smallest absolute Gasteiger partial charge is 0.262 e. The number of nitriles is 2.